The van der Waals surface area contributed by atoms with Gasteiger partial charge in [-0.1, -0.05) is 0 Å². The fraction of sp³-hybridized carbons (Fsp3) is 0.867. The summed E-state index contributed by atoms with van der Waals surface area (Å²) in [7, 11) is 0. The summed E-state index contributed by atoms with van der Waals surface area (Å²) in [5.74, 6) is 1.57. The van der Waals surface area contributed by atoms with Crippen LogP contribution in [-0.2, 0) is 0 Å². The second-order valence-corrected chi connectivity index (χ2v) is 6.78. The van der Waals surface area contributed by atoms with Crippen LogP contribution in [0.4, 0.5) is 0 Å². The molecule has 0 amide bonds. The van der Waals surface area contributed by atoms with E-state index in [2.05, 4.69) is 5.32 Å². The Labute approximate surface area is 119 Å². The van der Waals surface area contributed by atoms with E-state index in [9.17, 15) is 20.4 Å². The molecule has 1 aliphatic heterocycles. The summed E-state index contributed by atoms with van der Waals surface area (Å²) in [5.41, 5.74) is 0. The topological polar surface area (TPSA) is 93.0 Å². The van der Waals surface area contributed by atoms with E-state index in [0.717, 1.165) is 19.4 Å². The fourth-order valence-electron chi connectivity index (χ4n) is 4.25. The highest BCUT2D eigenvalue weighted by molar-refractivity contribution is 5.05. The molecule has 1 saturated carbocycles. The summed E-state index contributed by atoms with van der Waals surface area (Å²) in [5, 5.41) is 42.3. The highest BCUT2D eigenvalue weighted by atomic mass is 16.3. The van der Waals surface area contributed by atoms with Crippen LogP contribution in [0.2, 0.25) is 0 Å². The molecule has 5 nitrogen and oxygen atoms in total. The molecule has 114 valence electrons. The zero-order valence-corrected chi connectivity index (χ0v) is 11.7. The first-order chi connectivity index (χ1) is 9.54. The van der Waals surface area contributed by atoms with Crippen molar-refractivity contribution in [3.8, 4) is 0 Å². The highest BCUT2D eigenvalue weighted by Crippen LogP contribution is 2.40. The predicted octanol–water partition coefficient (Wildman–Crippen LogP) is 1.22. The number of aliphatic hydroxyl groups is 4. The zero-order valence-electron chi connectivity index (χ0n) is 11.7. The van der Waals surface area contributed by atoms with Gasteiger partial charge in [0.05, 0.1) is 12.2 Å². The SMILES string of the molecule is OC1=C(O)CC(CC2NCC3CC(O)C(O)CC32)CC1. The highest BCUT2D eigenvalue weighted by Gasteiger charge is 2.43. The molecule has 1 heterocycles. The van der Waals surface area contributed by atoms with E-state index in [1.807, 2.05) is 0 Å². The molecule has 0 spiro atoms. The van der Waals surface area contributed by atoms with E-state index in [0.29, 0.717) is 49.5 Å². The molecule has 6 atom stereocenters. The van der Waals surface area contributed by atoms with E-state index < -0.39 is 12.2 Å². The van der Waals surface area contributed by atoms with E-state index in [-0.39, 0.29) is 11.5 Å². The third-order valence-corrected chi connectivity index (χ3v) is 5.46. The molecular weight excluding hydrogens is 258 g/mol. The van der Waals surface area contributed by atoms with Gasteiger partial charge in [0, 0.05) is 18.9 Å². The maximum absolute atomic E-state index is 9.87. The van der Waals surface area contributed by atoms with Crippen LogP contribution in [0.5, 0.6) is 0 Å². The molecule has 3 rings (SSSR count). The van der Waals surface area contributed by atoms with E-state index >= 15 is 0 Å². The summed E-state index contributed by atoms with van der Waals surface area (Å²) < 4.78 is 0. The van der Waals surface area contributed by atoms with Crippen molar-refractivity contribution < 1.29 is 20.4 Å². The number of fused-ring (bicyclic) bond motifs is 1. The van der Waals surface area contributed by atoms with Gasteiger partial charge in [-0.2, -0.15) is 0 Å². The molecule has 2 aliphatic carbocycles. The Balaban J connectivity index is 1.59. The minimum Gasteiger partial charge on any atom is -0.509 e. The summed E-state index contributed by atoms with van der Waals surface area (Å²) in [6.45, 7) is 0.916. The molecule has 20 heavy (non-hydrogen) atoms. The smallest absolute Gasteiger partial charge is 0.130 e. The van der Waals surface area contributed by atoms with Crippen LogP contribution in [0.1, 0.15) is 38.5 Å². The molecule has 5 heteroatoms. The average Bonchev–Trinajstić information content (AvgIpc) is 2.77. The summed E-state index contributed by atoms with van der Waals surface area (Å²) in [6.07, 6.45) is 3.20. The van der Waals surface area contributed by atoms with Gasteiger partial charge < -0.3 is 25.7 Å². The summed E-state index contributed by atoms with van der Waals surface area (Å²) in [6, 6.07) is 0.361. The molecule has 0 aromatic carbocycles. The van der Waals surface area contributed by atoms with Crippen LogP contribution in [0.3, 0.4) is 0 Å². The lowest BCUT2D eigenvalue weighted by atomic mass is 9.73. The van der Waals surface area contributed by atoms with Crippen LogP contribution >= 0.6 is 0 Å². The second-order valence-electron chi connectivity index (χ2n) is 6.78. The van der Waals surface area contributed by atoms with E-state index in [1.165, 1.54) is 0 Å². The first-order valence-electron chi connectivity index (χ1n) is 7.74. The Morgan fingerprint density at radius 1 is 1.05 bits per heavy atom. The average molecular weight is 283 g/mol. The third-order valence-electron chi connectivity index (χ3n) is 5.46. The Kier molecular flexibility index (Phi) is 3.93. The van der Waals surface area contributed by atoms with Crippen LogP contribution in [0.25, 0.3) is 0 Å². The fourth-order valence-corrected chi connectivity index (χ4v) is 4.25. The number of aliphatic hydroxyl groups excluding tert-OH is 4. The number of hydrogen-bond donors (Lipinski definition) is 5. The van der Waals surface area contributed by atoms with Gasteiger partial charge in [-0.15, -0.1) is 0 Å². The van der Waals surface area contributed by atoms with E-state index in [1.54, 1.807) is 0 Å². The van der Waals surface area contributed by atoms with Gasteiger partial charge in [0.2, 0.25) is 0 Å². The molecule has 2 fully saturated rings. The summed E-state index contributed by atoms with van der Waals surface area (Å²) >= 11 is 0. The Bertz CT molecular complexity index is 397. The van der Waals surface area contributed by atoms with Crippen LogP contribution in [0.15, 0.2) is 11.5 Å². The lowest BCUT2D eigenvalue weighted by Crippen LogP contribution is -2.41. The van der Waals surface area contributed by atoms with Crippen molar-refractivity contribution in [2.24, 2.45) is 17.8 Å². The van der Waals surface area contributed by atoms with Crippen molar-refractivity contribution in [1.29, 1.82) is 0 Å². The van der Waals surface area contributed by atoms with Crippen molar-refractivity contribution >= 4 is 0 Å². The second kappa shape index (κ2) is 5.54. The third kappa shape index (κ3) is 2.67. The monoisotopic (exact) mass is 283 g/mol. The van der Waals surface area contributed by atoms with Gasteiger partial charge in [-0.3, -0.25) is 0 Å². The van der Waals surface area contributed by atoms with Gasteiger partial charge in [0.25, 0.3) is 0 Å². The normalized spacial score (nSPS) is 45.5. The van der Waals surface area contributed by atoms with Crippen molar-refractivity contribution in [3.63, 3.8) is 0 Å². The minimum atomic E-state index is -0.595. The number of nitrogens with one attached hydrogen (secondary N) is 1. The minimum absolute atomic E-state index is 0.148. The maximum Gasteiger partial charge on any atom is 0.130 e. The van der Waals surface area contributed by atoms with Crippen LogP contribution in [-0.4, -0.2) is 45.2 Å². The molecule has 0 bridgehead atoms. The first kappa shape index (κ1) is 14.2. The number of allylic oxidation sites excluding steroid dienone is 2. The Morgan fingerprint density at radius 3 is 2.55 bits per heavy atom. The van der Waals surface area contributed by atoms with Gasteiger partial charge >= 0.3 is 0 Å². The van der Waals surface area contributed by atoms with Crippen molar-refractivity contribution in [2.45, 2.75) is 56.8 Å². The quantitative estimate of drug-likeness (QED) is 0.525. The number of rotatable bonds is 2. The van der Waals surface area contributed by atoms with Crippen molar-refractivity contribution in [1.82, 2.24) is 5.32 Å². The van der Waals surface area contributed by atoms with Gasteiger partial charge in [0.15, 0.2) is 0 Å². The molecule has 0 aromatic rings. The largest absolute Gasteiger partial charge is 0.509 e. The predicted molar refractivity (Wildman–Crippen MR) is 74.3 cm³/mol. The molecular formula is C15H25NO4. The number of hydrogen-bond acceptors (Lipinski definition) is 5. The van der Waals surface area contributed by atoms with E-state index in [4.69, 9.17) is 0 Å². The molecule has 1 saturated heterocycles. The van der Waals surface area contributed by atoms with Crippen LogP contribution in [0, 0.1) is 17.8 Å². The van der Waals surface area contributed by atoms with Gasteiger partial charge in [-0.05, 0) is 50.0 Å². The molecule has 5 N–H and O–H groups in total. The maximum atomic E-state index is 9.87. The summed E-state index contributed by atoms with van der Waals surface area (Å²) in [4.78, 5) is 0. The first-order valence-corrected chi connectivity index (χ1v) is 7.74. The Morgan fingerprint density at radius 2 is 1.80 bits per heavy atom. The lowest BCUT2D eigenvalue weighted by molar-refractivity contribution is -0.0423. The van der Waals surface area contributed by atoms with Crippen LogP contribution < -0.4 is 5.32 Å². The van der Waals surface area contributed by atoms with Crippen molar-refractivity contribution in [3.05, 3.63) is 11.5 Å². The Hall–Kier alpha value is -0.780. The van der Waals surface area contributed by atoms with Gasteiger partial charge in [0.1, 0.15) is 11.5 Å². The molecule has 0 aromatic heterocycles. The molecule has 6 unspecified atom stereocenters. The standard InChI is InChI=1S/C15H25NO4/c17-12-2-1-8(4-13(12)18)3-11-10-6-15(20)14(19)5-9(10)7-16-11/h8-11,14-20H,1-7H2. The van der Waals surface area contributed by atoms with Crippen molar-refractivity contribution in [2.75, 3.05) is 6.54 Å². The molecule has 3 aliphatic rings. The lowest BCUT2D eigenvalue weighted by Gasteiger charge is -2.36. The molecule has 0 radical (unpaired) electrons. The van der Waals surface area contributed by atoms with Gasteiger partial charge in [-0.25, -0.2) is 0 Å². The zero-order chi connectivity index (χ0) is 14.3.